The number of hydrogen-bond donors (Lipinski definition) is 2. The lowest BCUT2D eigenvalue weighted by atomic mass is 9.87. The van der Waals surface area contributed by atoms with Gasteiger partial charge in [-0.2, -0.15) is 0 Å². The number of hydrogen-bond acceptors (Lipinski definition) is 3. The highest BCUT2D eigenvalue weighted by atomic mass is 127. The van der Waals surface area contributed by atoms with Crippen molar-refractivity contribution in [2.75, 3.05) is 13.6 Å². The van der Waals surface area contributed by atoms with E-state index in [0.29, 0.717) is 6.04 Å². The van der Waals surface area contributed by atoms with Gasteiger partial charge in [0.1, 0.15) is 11.6 Å². The standard InChI is InChI=1S/C19H34N6.HI/c1-15-8-6-9-16(14-15)22-19(20-2)21-12-7-11-18-24-23-17-10-4-3-5-13-25(17)18;/h15-16H,3-14H2,1-2H3,(H2,20,21,22);1H. The lowest BCUT2D eigenvalue weighted by Gasteiger charge is -2.28. The van der Waals surface area contributed by atoms with Crippen LogP contribution in [-0.2, 0) is 19.4 Å². The van der Waals surface area contributed by atoms with Gasteiger partial charge in [-0.1, -0.05) is 26.2 Å². The normalized spacial score (nSPS) is 23.5. The predicted molar refractivity (Wildman–Crippen MR) is 117 cm³/mol. The Kier molecular flexibility index (Phi) is 9.15. The van der Waals surface area contributed by atoms with Gasteiger partial charge in [-0.3, -0.25) is 4.99 Å². The van der Waals surface area contributed by atoms with Gasteiger partial charge in [0.2, 0.25) is 0 Å². The topological polar surface area (TPSA) is 67.1 Å². The molecule has 1 aromatic rings. The van der Waals surface area contributed by atoms with Crippen LogP contribution in [0.1, 0.15) is 69.9 Å². The molecule has 2 aliphatic rings. The summed E-state index contributed by atoms with van der Waals surface area (Å²) < 4.78 is 2.35. The van der Waals surface area contributed by atoms with Gasteiger partial charge in [-0.25, -0.2) is 0 Å². The highest BCUT2D eigenvalue weighted by Gasteiger charge is 2.19. The fourth-order valence-corrected chi connectivity index (χ4v) is 4.14. The van der Waals surface area contributed by atoms with E-state index in [1.54, 1.807) is 0 Å². The summed E-state index contributed by atoms with van der Waals surface area (Å²) in [4.78, 5) is 4.39. The van der Waals surface area contributed by atoms with E-state index < -0.39 is 0 Å². The van der Waals surface area contributed by atoms with Gasteiger partial charge in [0.15, 0.2) is 5.96 Å². The van der Waals surface area contributed by atoms with Crippen LogP contribution in [0.4, 0.5) is 0 Å². The van der Waals surface area contributed by atoms with Crippen molar-refractivity contribution in [2.24, 2.45) is 10.9 Å². The summed E-state index contributed by atoms with van der Waals surface area (Å²) in [5.41, 5.74) is 0. The molecule has 1 fully saturated rings. The Morgan fingerprint density at radius 3 is 2.88 bits per heavy atom. The minimum Gasteiger partial charge on any atom is -0.356 e. The van der Waals surface area contributed by atoms with Gasteiger partial charge in [0, 0.05) is 39.0 Å². The molecule has 2 atom stereocenters. The van der Waals surface area contributed by atoms with Gasteiger partial charge >= 0.3 is 0 Å². The molecule has 1 aromatic heterocycles. The molecule has 0 aromatic carbocycles. The third-order valence-electron chi connectivity index (χ3n) is 5.56. The summed E-state index contributed by atoms with van der Waals surface area (Å²) in [5, 5.41) is 15.9. The first kappa shape index (κ1) is 21.4. The number of nitrogens with one attached hydrogen (secondary N) is 2. The van der Waals surface area contributed by atoms with Crippen LogP contribution in [0.5, 0.6) is 0 Å². The summed E-state index contributed by atoms with van der Waals surface area (Å²) in [7, 11) is 1.86. The van der Waals surface area contributed by atoms with E-state index in [0.717, 1.165) is 50.1 Å². The second kappa shape index (κ2) is 11.1. The highest BCUT2D eigenvalue weighted by molar-refractivity contribution is 14.0. The lowest BCUT2D eigenvalue weighted by molar-refractivity contribution is 0.324. The molecule has 7 heteroatoms. The molecule has 3 rings (SSSR count). The minimum absolute atomic E-state index is 0. The SMILES string of the molecule is CN=C(NCCCc1nnc2n1CCCCC2)NC1CCCC(C)C1.I. The van der Waals surface area contributed by atoms with Crippen molar-refractivity contribution in [1.29, 1.82) is 0 Å². The molecule has 1 aliphatic heterocycles. The van der Waals surface area contributed by atoms with Gasteiger partial charge in [-0.05, 0) is 38.0 Å². The van der Waals surface area contributed by atoms with Crippen molar-refractivity contribution in [1.82, 2.24) is 25.4 Å². The summed E-state index contributed by atoms with van der Waals surface area (Å²) in [6.07, 6.45) is 12.2. The van der Waals surface area contributed by atoms with Gasteiger partial charge in [0.25, 0.3) is 0 Å². The van der Waals surface area contributed by atoms with Crippen LogP contribution in [0.3, 0.4) is 0 Å². The van der Waals surface area contributed by atoms with Crippen molar-refractivity contribution in [3.63, 3.8) is 0 Å². The maximum absolute atomic E-state index is 4.42. The van der Waals surface area contributed by atoms with E-state index >= 15 is 0 Å². The molecule has 2 N–H and O–H groups in total. The maximum Gasteiger partial charge on any atom is 0.191 e. The number of aromatic nitrogens is 3. The van der Waals surface area contributed by atoms with Crippen LogP contribution in [0.25, 0.3) is 0 Å². The number of aliphatic imine (C=N–C) groups is 1. The molecule has 0 spiro atoms. The zero-order valence-corrected chi connectivity index (χ0v) is 18.7. The first-order valence-corrected chi connectivity index (χ1v) is 10.1. The minimum atomic E-state index is 0. The molecule has 6 nitrogen and oxygen atoms in total. The Labute approximate surface area is 175 Å². The number of halogens is 1. The summed E-state index contributed by atoms with van der Waals surface area (Å²) >= 11 is 0. The molecule has 1 aliphatic carbocycles. The Morgan fingerprint density at radius 2 is 2.08 bits per heavy atom. The van der Waals surface area contributed by atoms with E-state index in [1.165, 1.54) is 50.8 Å². The van der Waals surface area contributed by atoms with Gasteiger partial charge in [-0.15, -0.1) is 34.2 Å². The zero-order valence-electron chi connectivity index (χ0n) is 16.3. The maximum atomic E-state index is 4.42. The molecule has 0 bridgehead atoms. The van der Waals surface area contributed by atoms with Crippen LogP contribution in [0.2, 0.25) is 0 Å². The lowest BCUT2D eigenvalue weighted by Crippen LogP contribution is -2.45. The molecule has 1 saturated carbocycles. The average Bonchev–Trinajstić information content (AvgIpc) is 2.84. The first-order valence-electron chi connectivity index (χ1n) is 10.1. The van der Waals surface area contributed by atoms with E-state index in [9.17, 15) is 0 Å². The Balaban J connectivity index is 0.00000243. The monoisotopic (exact) mass is 474 g/mol. The van der Waals surface area contributed by atoms with Crippen molar-refractivity contribution in [2.45, 2.75) is 83.7 Å². The third kappa shape index (κ3) is 6.09. The smallest absolute Gasteiger partial charge is 0.191 e. The molecule has 148 valence electrons. The number of fused-ring (bicyclic) bond motifs is 1. The molecule has 0 saturated heterocycles. The van der Waals surface area contributed by atoms with Crippen molar-refractivity contribution >= 4 is 29.9 Å². The van der Waals surface area contributed by atoms with E-state index in [1.807, 2.05) is 7.05 Å². The fraction of sp³-hybridized carbons (Fsp3) is 0.842. The molecule has 0 amide bonds. The second-order valence-corrected chi connectivity index (χ2v) is 7.71. The fourth-order valence-electron chi connectivity index (χ4n) is 4.14. The number of guanidine groups is 1. The number of rotatable bonds is 5. The quantitative estimate of drug-likeness (QED) is 0.298. The summed E-state index contributed by atoms with van der Waals surface area (Å²) in [6.45, 7) is 4.36. The molecule has 0 radical (unpaired) electrons. The molecule has 26 heavy (non-hydrogen) atoms. The van der Waals surface area contributed by atoms with Crippen LogP contribution >= 0.6 is 24.0 Å². The van der Waals surface area contributed by atoms with Crippen molar-refractivity contribution < 1.29 is 0 Å². The second-order valence-electron chi connectivity index (χ2n) is 7.71. The predicted octanol–water partition coefficient (Wildman–Crippen LogP) is 3.30. The largest absolute Gasteiger partial charge is 0.356 e. The van der Waals surface area contributed by atoms with Crippen LogP contribution in [0.15, 0.2) is 4.99 Å². The van der Waals surface area contributed by atoms with Gasteiger partial charge in [0.05, 0.1) is 0 Å². The third-order valence-corrected chi connectivity index (χ3v) is 5.56. The van der Waals surface area contributed by atoms with E-state index in [4.69, 9.17) is 0 Å². The van der Waals surface area contributed by atoms with Crippen LogP contribution in [-0.4, -0.2) is 40.4 Å². The van der Waals surface area contributed by atoms with Crippen LogP contribution < -0.4 is 10.6 Å². The highest BCUT2D eigenvalue weighted by Crippen LogP contribution is 2.23. The number of nitrogens with zero attached hydrogens (tertiary/aromatic N) is 4. The Morgan fingerprint density at radius 1 is 1.19 bits per heavy atom. The van der Waals surface area contributed by atoms with E-state index in [-0.39, 0.29) is 24.0 Å². The zero-order chi connectivity index (χ0) is 17.5. The number of aryl methyl sites for hydroxylation is 2. The summed E-state index contributed by atoms with van der Waals surface area (Å²) in [5.74, 6) is 4.11. The van der Waals surface area contributed by atoms with Crippen molar-refractivity contribution in [3.05, 3.63) is 11.6 Å². The molecular weight excluding hydrogens is 439 g/mol. The Bertz CT molecular complexity index is 570. The van der Waals surface area contributed by atoms with E-state index in [2.05, 4.69) is 37.3 Å². The van der Waals surface area contributed by atoms with Gasteiger partial charge < -0.3 is 15.2 Å². The van der Waals surface area contributed by atoms with Crippen LogP contribution in [0, 0.1) is 5.92 Å². The molecular formula is C19H35IN6. The first-order chi connectivity index (χ1) is 12.3. The Hall–Kier alpha value is -0.860. The summed E-state index contributed by atoms with van der Waals surface area (Å²) in [6, 6.07) is 0.571. The molecule has 2 unspecified atom stereocenters. The average molecular weight is 474 g/mol. The van der Waals surface area contributed by atoms with Crippen molar-refractivity contribution in [3.8, 4) is 0 Å². The molecule has 2 heterocycles.